The molecule has 3 aromatic rings. The molecule has 0 spiro atoms. The number of benzene rings is 2. The van der Waals surface area contributed by atoms with Crippen LogP contribution in [0.1, 0.15) is 51.9 Å². The maximum Gasteiger partial charge on any atom is 0.311 e. The van der Waals surface area contributed by atoms with Crippen molar-refractivity contribution in [3.05, 3.63) is 64.8 Å². The molecule has 1 aromatic heterocycles. The van der Waals surface area contributed by atoms with Crippen molar-refractivity contribution in [2.75, 3.05) is 19.6 Å². The molecule has 40 heavy (non-hydrogen) atoms. The molecule has 9 nitrogen and oxygen atoms in total. The molecule has 1 amide bonds. The number of unbranched alkanes of at least 4 members (excludes halogenated alkanes) is 3. The Labute approximate surface area is 233 Å². The first-order chi connectivity index (χ1) is 19.3. The minimum atomic E-state index is -0.394. The Hall–Kier alpha value is -3.60. The number of carbonyl (C=O) groups is 2. The van der Waals surface area contributed by atoms with Crippen molar-refractivity contribution in [1.82, 2.24) is 10.6 Å². The monoisotopic (exact) mass is 554 g/mol. The lowest BCUT2D eigenvalue weighted by molar-refractivity contribution is -0.134. The maximum atomic E-state index is 13.2. The molecule has 0 bridgehead atoms. The molecule has 2 atom stereocenters. The number of carbonyl (C=O) groups excluding carboxylic acids is 2. The van der Waals surface area contributed by atoms with Gasteiger partial charge in [0.1, 0.15) is 23.4 Å². The first-order valence-corrected chi connectivity index (χ1v) is 13.8. The van der Waals surface area contributed by atoms with Crippen LogP contribution in [0.4, 0.5) is 4.39 Å². The summed E-state index contributed by atoms with van der Waals surface area (Å²) in [6.45, 7) is 3.56. The van der Waals surface area contributed by atoms with Gasteiger partial charge >= 0.3 is 5.97 Å². The number of rotatable bonds is 16. The van der Waals surface area contributed by atoms with Crippen LogP contribution < -0.4 is 32.3 Å². The Morgan fingerprint density at radius 1 is 1.05 bits per heavy atom. The first kappa shape index (κ1) is 30.9. The average Bonchev–Trinajstić information content (AvgIpc) is 2.94. The Bertz CT molecular complexity index is 1310. The van der Waals surface area contributed by atoms with E-state index in [0.29, 0.717) is 42.6 Å². The van der Waals surface area contributed by atoms with E-state index in [9.17, 15) is 18.8 Å². The second-order valence-corrected chi connectivity index (χ2v) is 9.89. The summed E-state index contributed by atoms with van der Waals surface area (Å²) in [4.78, 5) is 37.4. The molecule has 0 aliphatic carbocycles. The zero-order chi connectivity index (χ0) is 28.9. The van der Waals surface area contributed by atoms with E-state index >= 15 is 0 Å². The molecule has 0 aliphatic rings. The summed E-state index contributed by atoms with van der Waals surface area (Å²) in [7, 11) is 0. The highest BCUT2D eigenvalue weighted by molar-refractivity contribution is 5.83. The molecule has 6 N–H and O–H groups in total. The predicted molar refractivity (Wildman–Crippen MR) is 153 cm³/mol. The lowest BCUT2D eigenvalue weighted by Gasteiger charge is -2.17. The highest BCUT2D eigenvalue weighted by atomic mass is 19.1. The molecular formula is C30H39FN4O5. The summed E-state index contributed by atoms with van der Waals surface area (Å²) in [5.41, 5.74) is 12.4. The molecule has 10 heteroatoms. The van der Waals surface area contributed by atoms with Gasteiger partial charge in [-0.05, 0) is 69.0 Å². The standard InChI is InChI=1S/C30H39FN4O5/c1-20(35-18-23(33)7-4-5-15-32)30(38)34-16-6-2-3-8-28(36)40-24-13-14-25-27(17-24)39-19-26(29(25)37)21-9-11-22(31)12-10-21/h9-14,17,19-20,23,35H,2-8,15-16,18,32-33H2,1H3,(H,34,38)/t20-,23-/m1/s1. The Morgan fingerprint density at radius 3 is 2.58 bits per heavy atom. The van der Waals surface area contributed by atoms with E-state index < -0.39 is 11.8 Å². The SMILES string of the molecule is C[C@@H](NC[C@H](N)CCCCN)C(=O)NCCCCCC(=O)Oc1ccc2c(=O)c(-c3ccc(F)cc3)coc2c1. The van der Waals surface area contributed by atoms with Gasteiger partial charge in [0.05, 0.1) is 17.0 Å². The van der Waals surface area contributed by atoms with Gasteiger partial charge in [0.15, 0.2) is 5.43 Å². The Morgan fingerprint density at radius 2 is 1.82 bits per heavy atom. The fourth-order valence-electron chi connectivity index (χ4n) is 4.19. The zero-order valence-corrected chi connectivity index (χ0v) is 22.9. The van der Waals surface area contributed by atoms with E-state index in [2.05, 4.69) is 10.6 Å². The number of halogens is 1. The van der Waals surface area contributed by atoms with E-state index in [0.717, 1.165) is 32.1 Å². The third-order valence-electron chi connectivity index (χ3n) is 6.60. The van der Waals surface area contributed by atoms with E-state index in [1.165, 1.54) is 36.6 Å². The van der Waals surface area contributed by atoms with Crippen LogP contribution in [0.2, 0.25) is 0 Å². The molecule has 0 fully saturated rings. The molecule has 1 heterocycles. The molecule has 3 rings (SSSR count). The van der Waals surface area contributed by atoms with Crippen LogP contribution in [0.3, 0.4) is 0 Å². The lowest BCUT2D eigenvalue weighted by Crippen LogP contribution is -2.46. The Balaban J connectivity index is 1.35. The van der Waals surface area contributed by atoms with Crippen LogP contribution in [0.15, 0.2) is 57.9 Å². The normalized spacial score (nSPS) is 12.7. The Kier molecular flexibility index (Phi) is 12.3. The first-order valence-electron chi connectivity index (χ1n) is 13.8. The van der Waals surface area contributed by atoms with Crippen molar-refractivity contribution in [3.8, 4) is 16.9 Å². The molecule has 0 unspecified atom stereocenters. The molecule has 0 aliphatic heterocycles. The van der Waals surface area contributed by atoms with Gasteiger partial charge in [-0.25, -0.2) is 4.39 Å². The third-order valence-corrected chi connectivity index (χ3v) is 6.60. The van der Waals surface area contributed by atoms with Crippen LogP contribution >= 0.6 is 0 Å². The van der Waals surface area contributed by atoms with Gasteiger partial charge in [-0.1, -0.05) is 25.0 Å². The smallest absolute Gasteiger partial charge is 0.311 e. The van der Waals surface area contributed by atoms with Gasteiger partial charge in [0.25, 0.3) is 0 Å². The third kappa shape index (κ3) is 9.55. The highest BCUT2D eigenvalue weighted by Gasteiger charge is 2.14. The van der Waals surface area contributed by atoms with E-state index in [-0.39, 0.29) is 41.2 Å². The summed E-state index contributed by atoms with van der Waals surface area (Å²) >= 11 is 0. The van der Waals surface area contributed by atoms with Gasteiger partial charge in [0.2, 0.25) is 5.91 Å². The lowest BCUT2D eigenvalue weighted by atomic mass is 10.1. The zero-order valence-electron chi connectivity index (χ0n) is 22.9. The number of fused-ring (bicyclic) bond motifs is 1. The fourth-order valence-corrected chi connectivity index (χ4v) is 4.19. The number of nitrogens with one attached hydrogen (secondary N) is 2. The summed E-state index contributed by atoms with van der Waals surface area (Å²) in [5, 5.41) is 6.39. The minimum absolute atomic E-state index is 0.00427. The number of nitrogens with two attached hydrogens (primary N) is 2. The van der Waals surface area contributed by atoms with E-state index in [4.69, 9.17) is 20.6 Å². The van der Waals surface area contributed by atoms with E-state index in [1.807, 2.05) is 0 Å². The van der Waals surface area contributed by atoms with Crippen molar-refractivity contribution in [3.63, 3.8) is 0 Å². The number of hydrogen-bond donors (Lipinski definition) is 4. The van der Waals surface area contributed by atoms with Gasteiger partial charge in [-0.3, -0.25) is 14.4 Å². The van der Waals surface area contributed by atoms with Gasteiger partial charge in [-0.15, -0.1) is 0 Å². The topological polar surface area (TPSA) is 150 Å². The number of esters is 1. The summed E-state index contributed by atoms with van der Waals surface area (Å²) in [5.74, 6) is -0.588. The molecule has 0 radical (unpaired) electrons. The molecular weight excluding hydrogens is 515 g/mol. The number of amides is 1. The van der Waals surface area contributed by atoms with Crippen LogP contribution in [0.25, 0.3) is 22.1 Å². The van der Waals surface area contributed by atoms with Crippen LogP contribution in [-0.4, -0.2) is 43.6 Å². The van der Waals surface area contributed by atoms with Crippen molar-refractivity contribution in [2.24, 2.45) is 11.5 Å². The molecule has 216 valence electrons. The summed E-state index contributed by atoms with van der Waals surface area (Å²) < 4.78 is 24.2. The van der Waals surface area contributed by atoms with Gasteiger partial charge in [0, 0.05) is 31.6 Å². The fraction of sp³-hybridized carbons (Fsp3) is 0.433. The van der Waals surface area contributed by atoms with Gasteiger partial charge in [-0.2, -0.15) is 0 Å². The van der Waals surface area contributed by atoms with Crippen molar-refractivity contribution >= 4 is 22.8 Å². The van der Waals surface area contributed by atoms with Crippen LogP contribution in [0.5, 0.6) is 5.75 Å². The quantitative estimate of drug-likeness (QED) is 0.119. The summed E-state index contributed by atoms with van der Waals surface area (Å²) in [6, 6.07) is 9.84. The minimum Gasteiger partial charge on any atom is -0.463 e. The van der Waals surface area contributed by atoms with Gasteiger partial charge < -0.3 is 31.3 Å². The van der Waals surface area contributed by atoms with Crippen LogP contribution in [-0.2, 0) is 9.59 Å². The number of ether oxygens (including phenoxy) is 1. The second kappa shape index (κ2) is 15.9. The highest BCUT2D eigenvalue weighted by Crippen LogP contribution is 2.23. The average molecular weight is 555 g/mol. The summed E-state index contributed by atoms with van der Waals surface area (Å²) in [6.07, 6.45) is 6.45. The van der Waals surface area contributed by atoms with Crippen molar-refractivity contribution in [2.45, 2.75) is 64.0 Å². The van der Waals surface area contributed by atoms with E-state index in [1.54, 1.807) is 19.1 Å². The molecule has 0 saturated heterocycles. The molecule has 0 saturated carbocycles. The van der Waals surface area contributed by atoms with Crippen molar-refractivity contribution < 1.29 is 23.1 Å². The predicted octanol–water partition coefficient (Wildman–Crippen LogP) is 3.62. The molecule has 2 aromatic carbocycles. The maximum absolute atomic E-state index is 13.2. The van der Waals surface area contributed by atoms with Crippen molar-refractivity contribution in [1.29, 1.82) is 0 Å². The second-order valence-electron chi connectivity index (χ2n) is 9.89. The largest absolute Gasteiger partial charge is 0.463 e. The number of hydrogen-bond acceptors (Lipinski definition) is 8. The van der Waals surface area contributed by atoms with Crippen LogP contribution in [0, 0.1) is 5.82 Å².